The zero-order valence-electron chi connectivity index (χ0n) is 11.1. The summed E-state index contributed by atoms with van der Waals surface area (Å²) in [6, 6.07) is 4.20. The summed E-state index contributed by atoms with van der Waals surface area (Å²) in [6.45, 7) is 0.0394. The van der Waals surface area contributed by atoms with Gasteiger partial charge in [0.1, 0.15) is 6.54 Å². The highest BCUT2D eigenvalue weighted by Gasteiger charge is 2.27. The lowest BCUT2D eigenvalue weighted by atomic mass is 10.1. The summed E-state index contributed by atoms with van der Waals surface area (Å²) in [7, 11) is 0. The summed E-state index contributed by atoms with van der Waals surface area (Å²) >= 11 is 0. The molecule has 0 heterocycles. The number of carbonyl (C=O) groups is 2. The highest BCUT2D eigenvalue weighted by atomic mass is 35.5. The molecule has 0 radical (unpaired) electrons. The number of amides is 2. The number of benzene rings is 1. The quantitative estimate of drug-likeness (QED) is 0.786. The van der Waals surface area contributed by atoms with Gasteiger partial charge in [-0.2, -0.15) is 13.2 Å². The number of anilines is 1. The van der Waals surface area contributed by atoms with Gasteiger partial charge >= 0.3 is 6.18 Å². The van der Waals surface area contributed by atoms with E-state index in [4.69, 9.17) is 5.73 Å². The number of alkyl halides is 3. The van der Waals surface area contributed by atoms with E-state index in [1.807, 2.05) is 0 Å². The predicted octanol–water partition coefficient (Wildman–Crippen LogP) is 1.61. The molecule has 2 amide bonds. The van der Waals surface area contributed by atoms with Crippen LogP contribution >= 0.6 is 12.4 Å². The van der Waals surface area contributed by atoms with Crippen molar-refractivity contribution in [3.63, 3.8) is 0 Å². The number of halogens is 4. The molecule has 0 atom stereocenters. The molecule has 9 heteroatoms. The summed E-state index contributed by atoms with van der Waals surface area (Å²) in [5, 5.41) is 4.21. The fourth-order valence-corrected chi connectivity index (χ4v) is 1.38. The van der Waals surface area contributed by atoms with Gasteiger partial charge in [0.25, 0.3) is 5.91 Å². The van der Waals surface area contributed by atoms with E-state index in [0.717, 1.165) is 0 Å². The van der Waals surface area contributed by atoms with Crippen molar-refractivity contribution in [3.05, 3.63) is 29.3 Å². The molecule has 0 aromatic heterocycles. The van der Waals surface area contributed by atoms with Gasteiger partial charge in [0, 0.05) is 11.3 Å². The first-order valence-electron chi connectivity index (χ1n) is 5.68. The molecule has 0 aliphatic carbocycles. The molecule has 0 fully saturated rings. The molecule has 0 saturated carbocycles. The number of carbonyl (C=O) groups excluding carboxylic acids is 2. The largest absolute Gasteiger partial charge is 0.405 e. The summed E-state index contributed by atoms with van der Waals surface area (Å²) in [4.78, 5) is 22.7. The van der Waals surface area contributed by atoms with Crippen molar-refractivity contribution in [3.8, 4) is 0 Å². The van der Waals surface area contributed by atoms with Crippen molar-refractivity contribution in [2.45, 2.75) is 13.1 Å². The van der Waals surface area contributed by atoms with E-state index < -0.39 is 24.5 Å². The van der Waals surface area contributed by atoms with Crippen LogP contribution in [0.5, 0.6) is 0 Å². The maximum Gasteiger partial charge on any atom is 0.405 e. The van der Waals surface area contributed by atoms with Crippen molar-refractivity contribution < 1.29 is 22.8 Å². The van der Waals surface area contributed by atoms with Gasteiger partial charge < -0.3 is 16.4 Å². The Hall–Kier alpha value is -1.80. The molecule has 118 valence electrons. The van der Waals surface area contributed by atoms with Crippen LogP contribution in [0.4, 0.5) is 18.9 Å². The minimum atomic E-state index is -4.48. The van der Waals surface area contributed by atoms with Crippen molar-refractivity contribution in [1.82, 2.24) is 5.32 Å². The molecule has 0 spiro atoms. The second kappa shape index (κ2) is 7.84. The zero-order chi connectivity index (χ0) is 15.3. The lowest BCUT2D eigenvalue weighted by Crippen LogP contribution is -2.33. The highest BCUT2D eigenvalue weighted by molar-refractivity contribution is 5.98. The third kappa shape index (κ3) is 6.46. The van der Waals surface area contributed by atoms with Crippen LogP contribution in [0.3, 0.4) is 0 Å². The molecule has 1 aromatic rings. The van der Waals surface area contributed by atoms with E-state index in [9.17, 15) is 22.8 Å². The maximum atomic E-state index is 12.0. The van der Waals surface area contributed by atoms with Crippen LogP contribution in [-0.2, 0) is 4.79 Å². The number of hydrogen-bond acceptors (Lipinski definition) is 3. The molecule has 4 N–H and O–H groups in total. The Kier molecular flexibility index (Phi) is 7.17. The third-order valence-corrected chi connectivity index (χ3v) is 2.41. The van der Waals surface area contributed by atoms with E-state index in [1.54, 1.807) is 12.2 Å². The van der Waals surface area contributed by atoms with E-state index in [1.165, 1.54) is 18.2 Å². The predicted molar refractivity (Wildman–Crippen MR) is 74.5 cm³/mol. The Balaban J connectivity index is 0.00000400. The second-order valence-electron chi connectivity index (χ2n) is 4.08. The Morgan fingerprint density at radius 3 is 2.43 bits per heavy atom. The summed E-state index contributed by atoms with van der Waals surface area (Å²) < 4.78 is 36.0. The number of nitrogens with two attached hydrogens (primary N) is 1. The molecule has 0 bridgehead atoms. The van der Waals surface area contributed by atoms with Gasteiger partial charge in [0.2, 0.25) is 5.91 Å². The Labute approximate surface area is 125 Å². The number of hydrogen-bond donors (Lipinski definition) is 3. The monoisotopic (exact) mass is 325 g/mol. The summed E-state index contributed by atoms with van der Waals surface area (Å²) in [5.74, 6) is -1.33. The van der Waals surface area contributed by atoms with E-state index >= 15 is 0 Å². The molecule has 0 aliphatic heterocycles. The van der Waals surface area contributed by atoms with Crippen molar-refractivity contribution in [2.24, 2.45) is 5.73 Å². The van der Waals surface area contributed by atoms with Gasteiger partial charge in [-0.05, 0) is 24.6 Å². The maximum absolute atomic E-state index is 12.0. The van der Waals surface area contributed by atoms with Gasteiger partial charge in [-0.25, -0.2) is 0 Å². The van der Waals surface area contributed by atoms with E-state index in [-0.39, 0.29) is 24.5 Å². The average molecular weight is 326 g/mol. The zero-order valence-corrected chi connectivity index (χ0v) is 11.9. The van der Waals surface area contributed by atoms with Crippen molar-refractivity contribution >= 4 is 29.9 Å². The first-order valence-corrected chi connectivity index (χ1v) is 5.68. The molecule has 1 rings (SSSR count). The molecule has 0 saturated heterocycles. The minimum Gasteiger partial charge on any atom is -0.343 e. The number of nitrogens with one attached hydrogen (secondary N) is 2. The SMILES string of the molecule is Cc1ccc(C(=O)NCC(F)(F)F)cc1NC(=O)CN.Cl. The van der Waals surface area contributed by atoms with Crippen LogP contribution in [0.15, 0.2) is 18.2 Å². The molecule has 5 nitrogen and oxygen atoms in total. The van der Waals surface area contributed by atoms with Crippen molar-refractivity contribution in [2.75, 3.05) is 18.4 Å². The first kappa shape index (κ1) is 19.2. The Bertz CT molecular complexity index is 521. The normalized spacial score (nSPS) is 10.5. The van der Waals surface area contributed by atoms with Crippen LogP contribution in [-0.4, -0.2) is 31.1 Å². The Morgan fingerprint density at radius 2 is 1.90 bits per heavy atom. The van der Waals surface area contributed by atoms with Crippen LogP contribution < -0.4 is 16.4 Å². The average Bonchev–Trinajstić information content (AvgIpc) is 2.37. The lowest BCUT2D eigenvalue weighted by molar-refractivity contribution is -0.123. The fourth-order valence-electron chi connectivity index (χ4n) is 1.38. The Morgan fingerprint density at radius 1 is 1.29 bits per heavy atom. The molecule has 21 heavy (non-hydrogen) atoms. The first-order chi connectivity index (χ1) is 9.23. The molecular weight excluding hydrogens is 311 g/mol. The smallest absolute Gasteiger partial charge is 0.343 e. The van der Waals surface area contributed by atoms with Crippen LogP contribution in [0.25, 0.3) is 0 Å². The fraction of sp³-hybridized carbons (Fsp3) is 0.333. The standard InChI is InChI=1S/C12H14F3N3O2.ClH/c1-7-2-3-8(4-9(7)18-10(19)5-16)11(20)17-6-12(13,14)15;/h2-4H,5-6,16H2,1H3,(H,17,20)(H,18,19);1H. The minimum absolute atomic E-state index is 0. The summed E-state index contributed by atoms with van der Waals surface area (Å²) in [5.41, 5.74) is 6.17. The van der Waals surface area contributed by atoms with E-state index in [0.29, 0.717) is 11.3 Å². The highest BCUT2D eigenvalue weighted by Crippen LogP contribution is 2.17. The van der Waals surface area contributed by atoms with Gasteiger partial charge in [0.05, 0.1) is 6.54 Å². The van der Waals surface area contributed by atoms with Crippen LogP contribution in [0.1, 0.15) is 15.9 Å². The van der Waals surface area contributed by atoms with Gasteiger partial charge in [-0.3, -0.25) is 9.59 Å². The van der Waals surface area contributed by atoms with Crippen molar-refractivity contribution in [1.29, 1.82) is 0 Å². The molecule has 1 aromatic carbocycles. The molecular formula is C12H15ClF3N3O2. The lowest BCUT2D eigenvalue weighted by Gasteiger charge is -2.11. The van der Waals surface area contributed by atoms with Gasteiger partial charge in [0.15, 0.2) is 0 Å². The topological polar surface area (TPSA) is 84.2 Å². The van der Waals surface area contributed by atoms with Crippen LogP contribution in [0, 0.1) is 6.92 Å². The second-order valence-corrected chi connectivity index (χ2v) is 4.08. The van der Waals surface area contributed by atoms with Gasteiger partial charge in [-0.1, -0.05) is 6.07 Å². The van der Waals surface area contributed by atoms with Crippen LogP contribution in [0.2, 0.25) is 0 Å². The molecule has 0 unspecified atom stereocenters. The molecule has 0 aliphatic rings. The van der Waals surface area contributed by atoms with E-state index in [2.05, 4.69) is 5.32 Å². The van der Waals surface area contributed by atoms with Gasteiger partial charge in [-0.15, -0.1) is 12.4 Å². The summed E-state index contributed by atoms with van der Waals surface area (Å²) in [6.07, 6.45) is -4.48. The number of aryl methyl sites for hydroxylation is 1. The third-order valence-electron chi connectivity index (χ3n) is 2.41. The number of rotatable bonds is 4.